The summed E-state index contributed by atoms with van der Waals surface area (Å²) in [5, 5.41) is 1.08. The fraction of sp³-hybridized carbons (Fsp3) is 0.471. The molecular weight excluding hydrogens is 300 g/mol. The lowest BCUT2D eigenvalue weighted by atomic mass is 10.0. The number of halogens is 1. The van der Waals surface area contributed by atoms with Crippen molar-refractivity contribution in [1.82, 2.24) is 4.90 Å². The molecule has 2 aromatic rings. The molecule has 1 aliphatic rings. The quantitative estimate of drug-likeness (QED) is 0.876. The number of aryl methyl sites for hydroxylation is 3. The Balaban J connectivity index is 0.00000176. The second-order valence-electron chi connectivity index (χ2n) is 6.09. The van der Waals surface area contributed by atoms with Crippen LogP contribution in [0.3, 0.4) is 0 Å². The van der Waals surface area contributed by atoms with Gasteiger partial charge in [-0.15, -0.1) is 12.4 Å². The van der Waals surface area contributed by atoms with Crippen molar-refractivity contribution in [1.29, 1.82) is 0 Å². The van der Waals surface area contributed by atoms with Crippen molar-refractivity contribution in [2.75, 3.05) is 13.1 Å². The van der Waals surface area contributed by atoms with E-state index in [1.807, 2.05) is 24.8 Å². The maximum absolute atomic E-state index is 12.7. The van der Waals surface area contributed by atoms with Crippen LogP contribution < -0.4 is 5.73 Å². The highest BCUT2D eigenvalue weighted by atomic mass is 35.5. The molecule has 2 N–H and O–H groups in total. The van der Waals surface area contributed by atoms with Crippen LogP contribution in [0.1, 0.15) is 40.1 Å². The van der Waals surface area contributed by atoms with E-state index >= 15 is 0 Å². The largest absolute Gasteiger partial charge is 0.450 e. The monoisotopic (exact) mass is 322 g/mol. The van der Waals surface area contributed by atoms with Crippen LogP contribution in [0.15, 0.2) is 16.5 Å². The number of hydrogen-bond acceptors (Lipinski definition) is 3. The van der Waals surface area contributed by atoms with Crippen LogP contribution >= 0.6 is 12.4 Å². The number of benzene rings is 1. The minimum Gasteiger partial charge on any atom is -0.450 e. The van der Waals surface area contributed by atoms with Gasteiger partial charge in [-0.1, -0.05) is 12.1 Å². The Kier molecular flexibility index (Phi) is 4.83. The predicted octanol–water partition coefficient (Wildman–Crippen LogP) is 3.34. The summed E-state index contributed by atoms with van der Waals surface area (Å²) in [6.45, 7) is 7.47. The number of fused-ring (bicyclic) bond motifs is 1. The van der Waals surface area contributed by atoms with Crippen molar-refractivity contribution >= 4 is 29.3 Å². The number of carbonyl (C=O) groups is 1. The van der Waals surface area contributed by atoms with Gasteiger partial charge in [-0.25, -0.2) is 0 Å². The lowest BCUT2D eigenvalue weighted by Crippen LogP contribution is -2.42. The fourth-order valence-electron chi connectivity index (χ4n) is 3.13. The number of furan rings is 1. The zero-order valence-corrected chi connectivity index (χ0v) is 14.1. The highest BCUT2D eigenvalue weighted by Crippen LogP contribution is 2.31. The summed E-state index contributed by atoms with van der Waals surface area (Å²) in [5.41, 5.74) is 9.91. The second kappa shape index (κ2) is 6.31. The van der Waals surface area contributed by atoms with Gasteiger partial charge in [-0.3, -0.25) is 4.79 Å². The maximum atomic E-state index is 12.7. The summed E-state index contributed by atoms with van der Waals surface area (Å²) < 4.78 is 5.93. The first-order valence-electron chi connectivity index (χ1n) is 7.53. The molecule has 4 nitrogen and oxygen atoms in total. The fourth-order valence-corrected chi connectivity index (χ4v) is 3.13. The van der Waals surface area contributed by atoms with Gasteiger partial charge in [0, 0.05) is 30.1 Å². The number of hydrogen-bond donors (Lipinski definition) is 1. The van der Waals surface area contributed by atoms with Gasteiger partial charge in [0.2, 0.25) is 0 Å². The summed E-state index contributed by atoms with van der Waals surface area (Å²) in [6.07, 6.45) is 1.73. The highest BCUT2D eigenvalue weighted by Gasteiger charge is 2.27. The molecule has 1 amide bonds. The van der Waals surface area contributed by atoms with E-state index in [9.17, 15) is 4.79 Å². The first-order chi connectivity index (χ1) is 9.99. The Bertz CT molecular complexity index is 700. The van der Waals surface area contributed by atoms with Crippen LogP contribution in [0.4, 0.5) is 0 Å². The highest BCUT2D eigenvalue weighted by molar-refractivity contribution is 6.00. The summed E-state index contributed by atoms with van der Waals surface area (Å²) in [4.78, 5) is 14.6. The standard InChI is InChI=1S/C17H22N2O2.ClH/c1-10-4-5-11(2)15-14(10)12(3)16(21-15)17(20)19-8-6-13(18)7-9-19;/h4-5,13H,6-9,18H2,1-3H3;1H. The molecule has 0 saturated carbocycles. The molecule has 0 atom stereocenters. The molecule has 1 saturated heterocycles. The SMILES string of the molecule is Cc1ccc(C)c2c(C)c(C(=O)N3CCC(N)CC3)oc12.Cl. The third-order valence-corrected chi connectivity index (χ3v) is 4.50. The van der Waals surface area contributed by atoms with Crippen molar-refractivity contribution in [3.05, 3.63) is 34.6 Å². The molecular formula is C17H23ClN2O2. The lowest BCUT2D eigenvalue weighted by Gasteiger charge is -2.29. The normalized spacial score (nSPS) is 15.9. The van der Waals surface area contributed by atoms with E-state index < -0.39 is 0 Å². The third kappa shape index (κ3) is 2.73. The van der Waals surface area contributed by atoms with Gasteiger partial charge in [0.1, 0.15) is 5.58 Å². The molecule has 0 bridgehead atoms. The number of nitrogens with zero attached hydrogens (tertiary/aromatic N) is 1. The van der Waals surface area contributed by atoms with Crippen LogP contribution in [0, 0.1) is 20.8 Å². The van der Waals surface area contributed by atoms with Gasteiger partial charge in [-0.05, 0) is 44.7 Å². The van der Waals surface area contributed by atoms with Crippen LogP contribution in [0.5, 0.6) is 0 Å². The van der Waals surface area contributed by atoms with Crippen LogP contribution in [0.25, 0.3) is 11.0 Å². The first kappa shape index (κ1) is 16.8. The Morgan fingerprint density at radius 1 is 1.18 bits per heavy atom. The second-order valence-corrected chi connectivity index (χ2v) is 6.09. The summed E-state index contributed by atoms with van der Waals surface area (Å²) in [7, 11) is 0. The molecule has 0 unspecified atom stereocenters. The molecule has 120 valence electrons. The third-order valence-electron chi connectivity index (χ3n) is 4.50. The minimum absolute atomic E-state index is 0. The Morgan fingerprint density at radius 3 is 2.36 bits per heavy atom. The molecule has 3 rings (SSSR count). The van der Waals surface area contributed by atoms with Crippen molar-refractivity contribution in [3.63, 3.8) is 0 Å². The van der Waals surface area contributed by atoms with E-state index in [0.29, 0.717) is 18.8 Å². The summed E-state index contributed by atoms with van der Waals surface area (Å²) >= 11 is 0. The summed E-state index contributed by atoms with van der Waals surface area (Å²) in [6, 6.07) is 4.33. The predicted molar refractivity (Wildman–Crippen MR) is 90.8 cm³/mol. The van der Waals surface area contributed by atoms with E-state index in [4.69, 9.17) is 10.2 Å². The Hall–Kier alpha value is -1.52. The van der Waals surface area contributed by atoms with Gasteiger partial charge >= 0.3 is 0 Å². The first-order valence-corrected chi connectivity index (χ1v) is 7.53. The number of carbonyl (C=O) groups excluding carboxylic acids is 1. The molecule has 0 radical (unpaired) electrons. The topological polar surface area (TPSA) is 59.5 Å². The van der Waals surface area contributed by atoms with Gasteiger partial charge < -0.3 is 15.1 Å². The number of rotatable bonds is 1. The van der Waals surface area contributed by atoms with E-state index in [0.717, 1.165) is 40.5 Å². The molecule has 22 heavy (non-hydrogen) atoms. The molecule has 2 heterocycles. The number of piperidine rings is 1. The smallest absolute Gasteiger partial charge is 0.289 e. The van der Waals surface area contributed by atoms with Gasteiger partial charge in [0.05, 0.1) is 0 Å². The van der Waals surface area contributed by atoms with Crippen LogP contribution in [-0.2, 0) is 0 Å². The number of nitrogens with two attached hydrogens (primary N) is 1. The van der Waals surface area contributed by atoms with Gasteiger partial charge in [-0.2, -0.15) is 0 Å². The van der Waals surface area contributed by atoms with Crippen LogP contribution in [-0.4, -0.2) is 29.9 Å². The molecule has 0 aliphatic carbocycles. The molecule has 0 spiro atoms. The molecule has 1 aromatic carbocycles. The Morgan fingerprint density at radius 2 is 1.77 bits per heavy atom. The van der Waals surface area contributed by atoms with Crippen LogP contribution in [0.2, 0.25) is 0 Å². The molecule has 1 fully saturated rings. The molecule has 1 aliphatic heterocycles. The van der Waals surface area contributed by atoms with E-state index in [-0.39, 0.29) is 24.4 Å². The maximum Gasteiger partial charge on any atom is 0.289 e. The van der Waals surface area contributed by atoms with Gasteiger partial charge in [0.15, 0.2) is 5.76 Å². The minimum atomic E-state index is -0.00519. The molecule has 5 heteroatoms. The summed E-state index contributed by atoms with van der Waals surface area (Å²) in [5.74, 6) is 0.479. The zero-order chi connectivity index (χ0) is 15.1. The molecule has 1 aromatic heterocycles. The lowest BCUT2D eigenvalue weighted by molar-refractivity contribution is 0.0684. The average Bonchev–Trinajstić information content (AvgIpc) is 2.82. The van der Waals surface area contributed by atoms with Crippen molar-refractivity contribution in [2.24, 2.45) is 5.73 Å². The van der Waals surface area contributed by atoms with Crippen molar-refractivity contribution < 1.29 is 9.21 Å². The number of amides is 1. The van der Waals surface area contributed by atoms with E-state index in [2.05, 4.69) is 13.0 Å². The zero-order valence-electron chi connectivity index (χ0n) is 13.3. The van der Waals surface area contributed by atoms with Crippen molar-refractivity contribution in [2.45, 2.75) is 39.7 Å². The average molecular weight is 323 g/mol. The van der Waals surface area contributed by atoms with Gasteiger partial charge in [0.25, 0.3) is 5.91 Å². The van der Waals surface area contributed by atoms with E-state index in [1.165, 1.54) is 0 Å². The number of likely N-dealkylation sites (tertiary alicyclic amines) is 1. The Labute approximate surface area is 137 Å². The van der Waals surface area contributed by atoms with Crippen molar-refractivity contribution in [3.8, 4) is 0 Å². The van der Waals surface area contributed by atoms with E-state index in [1.54, 1.807) is 0 Å².